The van der Waals surface area contributed by atoms with Gasteiger partial charge >= 0.3 is 0 Å². The first-order valence-corrected chi connectivity index (χ1v) is 8.69. The first-order chi connectivity index (χ1) is 11.7. The Morgan fingerprint density at radius 3 is 2.75 bits per heavy atom. The van der Waals surface area contributed by atoms with Gasteiger partial charge < -0.3 is 16.0 Å². The van der Waals surface area contributed by atoms with E-state index in [2.05, 4.69) is 28.1 Å². The van der Waals surface area contributed by atoms with Crippen LogP contribution in [0.2, 0.25) is 5.02 Å². The van der Waals surface area contributed by atoms with Gasteiger partial charge in [-0.15, -0.1) is 0 Å². The fraction of sp³-hybridized carbons (Fsp3) is 0.316. The molecule has 0 aromatic heterocycles. The normalized spacial score (nSPS) is 16.8. The number of anilines is 2. The van der Waals surface area contributed by atoms with Crippen LogP contribution in [0.15, 0.2) is 48.5 Å². The topological polar surface area (TPSA) is 53.2 Å². The second-order valence-electron chi connectivity index (χ2n) is 6.07. The summed E-state index contributed by atoms with van der Waals surface area (Å²) in [5.41, 5.74) is 2.78. The second-order valence-corrected chi connectivity index (χ2v) is 6.51. The molecule has 0 bridgehead atoms. The molecule has 0 radical (unpaired) electrons. The molecule has 3 N–H and O–H groups in total. The highest BCUT2D eigenvalue weighted by molar-refractivity contribution is 6.31. The minimum Gasteiger partial charge on any atom is -0.379 e. The number of amides is 1. The summed E-state index contributed by atoms with van der Waals surface area (Å²) in [5.74, 6) is 0.0134. The maximum atomic E-state index is 12.3. The molecule has 1 amide bonds. The number of benzene rings is 2. The molecule has 2 aromatic carbocycles. The number of nitrogens with one attached hydrogen (secondary N) is 3. The molecular weight excluding hydrogens is 322 g/mol. The van der Waals surface area contributed by atoms with Gasteiger partial charge in [0.25, 0.3) is 0 Å². The van der Waals surface area contributed by atoms with E-state index in [1.54, 1.807) is 6.07 Å². The van der Waals surface area contributed by atoms with Gasteiger partial charge in [-0.3, -0.25) is 4.79 Å². The summed E-state index contributed by atoms with van der Waals surface area (Å²) in [5, 5.41) is 10.3. The van der Waals surface area contributed by atoms with E-state index in [-0.39, 0.29) is 11.9 Å². The minimum atomic E-state index is 0.0134. The van der Waals surface area contributed by atoms with Gasteiger partial charge in [0.15, 0.2) is 0 Å². The summed E-state index contributed by atoms with van der Waals surface area (Å²) in [4.78, 5) is 12.3. The quantitative estimate of drug-likeness (QED) is 0.742. The predicted octanol–water partition coefficient (Wildman–Crippen LogP) is 4.03. The van der Waals surface area contributed by atoms with Gasteiger partial charge in [-0.2, -0.15) is 0 Å². The Morgan fingerprint density at radius 1 is 1.17 bits per heavy atom. The Bertz CT molecular complexity index is 684. The average molecular weight is 344 g/mol. The molecule has 0 saturated carbocycles. The summed E-state index contributed by atoms with van der Waals surface area (Å²) in [6.07, 6.45) is 2.69. The molecule has 1 saturated heterocycles. The molecule has 126 valence electrons. The van der Waals surface area contributed by atoms with Crippen LogP contribution in [0, 0.1) is 0 Å². The van der Waals surface area contributed by atoms with E-state index in [0.717, 1.165) is 30.8 Å². The fourth-order valence-corrected chi connectivity index (χ4v) is 3.10. The van der Waals surface area contributed by atoms with Crippen molar-refractivity contribution in [3.8, 4) is 0 Å². The number of halogens is 1. The first kappa shape index (κ1) is 16.8. The molecule has 1 unspecified atom stereocenters. The Morgan fingerprint density at radius 2 is 2.00 bits per heavy atom. The zero-order valence-electron chi connectivity index (χ0n) is 13.5. The van der Waals surface area contributed by atoms with Crippen LogP contribution < -0.4 is 16.0 Å². The zero-order valence-corrected chi connectivity index (χ0v) is 14.3. The van der Waals surface area contributed by atoms with Crippen LogP contribution in [0.25, 0.3) is 0 Å². The standard InChI is InChI=1S/C19H22ClN3O/c20-15-8-9-17(22-13-14-5-2-1-3-6-14)18(11-15)23-19(24)12-16-7-4-10-21-16/h1-3,5-6,8-9,11,16,21-22H,4,7,10,12-13H2,(H,23,24). The van der Waals surface area contributed by atoms with Crippen molar-refractivity contribution >= 4 is 28.9 Å². The molecule has 1 aliphatic rings. The highest BCUT2D eigenvalue weighted by Crippen LogP contribution is 2.27. The summed E-state index contributed by atoms with van der Waals surface area (Å²) < 4.78 is 0. The Hall–Kier alpha value is -2.04. The minimum absolute atomic E-state index is 0.0134. The average Bonchev–Trinajstić information content (AvgIpc) is 3.08. The van der Waals surface area contributed by atoms with Crippen LogP contribution in [-0.4, -0.2) is 18.5 Å². The van der Waals surface area contributed by atoms with Gasteiger partial charge in [0, 0.05) is 24.0 Å². The lowest BCUT2D eigenvalue weighted by Crippen LogP contribution is -2.27. The van der Waals surface area contributed by atoms with Crippen molar-refractivity contribution in [1.29, 1.82) is 0 Å². The third kappa shape index (κ3) is 4.73. The van der Waals surface area contributed by atoms with Crippen molar-refractivity contribution < 1.29 is 4.79 Å². The van der Waals surface area contributed by atoms with E-state index in [4.69, 9.17) is 11.6 Å². The van der Waals surface area contributed by atoms with Crippen LogP contribution in [0.1, 0.15) is 24.8 Å². The highest BCUT2D eigenvalue weighted by atomic mass is 35.5. The van der Waals surface area contributed by atoms with E-state index in [9.17, 15) is 4.79 Å². The summed E-state index contributed by atoms with van der Waals surface area (Å²) in [6, 6.07) is 15.9. The predicted molar refractivity (Wildman–Crippen MR) is 99.5 cm³/mol. The Balaban J connectivity index is 1.64. The molecule has 24 heavy (non-hydrogen) atoms. The van der Waals surface area contributed by atoms with Crippen LogP contribution >= 0.6 is 11.6 Å². The lowest BCUT2D eigenvalue weighted by atomic mass is 10.1. The molecule has 3 rings (SSSR count). The molecular formula is C19H22ClN3O. The lowest BCUT2D eigenvalue weighted by molar-refractivity contribution is -0.116. The summed E-state index contributed by atoms with van der Waals surface area (Å²) >= 11 is 6.10. The first-order valence-electron chi connectivity index (χ1n) is 8.31. The van der Waals surface area contributed by atoms with Crippen LogP contribution in [-0.2, 0) is 11.3 Å². The van der Waals surface area contributed by atoms with Crippen molar-refractivity contribution in [2.45, 2.75) is 31.8 Å². The van der Waals surface area contributed by atoms with Gasteiger partial charge in [-0.1, -0.05) is 41.9 Å². The molecule has 4 nitrogen and oxygen atoms in total. The highest BCUT2D eigenvalue weighted by Gasteiger charge is 2.18. The van der Waals surface area contributed by atoms with Gasteiger partial charge in [0.2, 0.25) is 5.91 Å². The molecule has 1 aliphatic heterocycles. The largest absolute Gasteiger partial charge is 0.379 e. The number of carbonyl (C=O) groups is 1. The van der Waals surface area contributed by atoms with Gasteiger partial charge in [0.05, 0.1) is 11.4 Å². The van der Waals surface area contributed by atoms with E-state index in [1.807, 2.05) is 30.3 Å². The van der Waals surface area contributed by atoms with Gasteiger partial charge in [0.1, 0.15) is 0 Å². The number of hydrogen-bond donors (Lipinski definition) is 3. The molecule has 0 spiro atoms. The number of carbonyl (C=O) groups excluding carboxylic acids is 1. The zero-order chi connectivity index (χ0) is 16.8. The maximum Gasteiger partial charge on any atom is 0.225 e. The number of hydrogen-bond acceptors (Lipinski definition) is 3. The van der Waals surface area contributed by atoms with Gasteiger partial charge in [-0.25, -0.2) is 0 Å². The van der Waals surface area contributed by atoms with E-state index < -0.39 is 0 Å². The van der Waals surface area contributed by atoms with Crippen molar-refractivity contribution in [3.63, 3.8) is 0 Å². The number of rotatable bonds is 6. The maximum absolute atomic E-state index is 12.3. The van der Waals surface area contributed by atoms with E-state index in [1.165, 1.54) is 5.56 Å². The second kappa shape index (κ2) is 8.18. The van der Waals surface area contributed by atoms with Crippen molar-refractivity contribution in [2.24, 2.45) is 0 Å². The third-order valence-electron chi connectivity index (χ3n) is 4.18. The molecule has 1 fully saturated rings. The van der Waals surface area contributed by atoms with Crippen LogP contribution in [0.5, 0.6) is 0 Å². The molecule has 5 heteroatoms. The van der Waals surface area contributed by atoms with Crippen molar-refractivity contribution in [2.75, 3.05) is 17.2 Å². The monoisotopic (exact) mass is 343 g/mol. The fourth-order valence-electron chi connectivity index (χ4n) is 2.92. The molecule has 1 atom stereocenters. The lowest BCUT2D eigenvalue weighted by Gasteiger charge is -2.15. The smallest absolute Gasteiger partial charge is 0.225 e. The van der Waals surface area contributed by atoms with Crippen LogP contribution in [0.3, 0.4) is 0 Å². The molecule has 0 aliphatic carbocycles. The van der Waals surface area contributed by atoms with Crippen molar-refractivity contribution in [1.82, 2.24) is 5.32 Å². The molecule has 2 aromatic rings. The Labute approximate surface area is 147 Å². The van der Waals surface area contributed by atoms with Gasteiger partial charge in [-0.05, 0) is 43.1 Å². The SMILES string of the molecule is O=C(CC1CCCN1)Nc1cc(Cl)ccc1NCc1ccccc1. The summed E-state index contributed by atoms with van der Waals surface area (Å²) in [7, 11) is 0. The van der Waals surface area contributed by atoms with E-state index in [0.29, 0.717) is 18.0 Å². The summed E-state index contributed by atoms with van der Waals surface area (Å²) in [6.45, 7) is 1.69. The molecule has 1 heterocycles. The van der Waals surface area contributed by atoms with E-state index >= 15 is 0 Å². The third-order valence-corrected chi connectivity index (χ3v) is 4.41. The van der Waals surface area contributed by atoms with Crippen molar-refractivity contribution in [3.05, 3.63) is 59.1 Å². The van der Waals surface area contributed by atoms with Crippen LogP contribution in [0.4, 0.5) is 11.4 Å². The Kier molecular flexibility index (Phi) is 5.72.